The monoisotopic (exact) mass is 278 g/mol. The summed E-state index contributed by atoms with van der Waals surface area (Å²) < 4.78 is 5.79. The van der Waals surface area contributed by atoms with E-state index in [1.807, 2.05) is 12.1 Å². The minimum Gasteiger partial charge on any atom is -0.478 e. The van der Waals surface area contributed by atoms with Crippen LogP contribution in [0.4, 0.5) is 0 Å². The Morgan fingerprint density at radius 2 is 1.90 bits per heavy atom. The van der Waals surface area contributed by atoms with Gasteiger partial charge in [0.25, 0.3) is 0 Å². The van der Waals surface area contributed by atoms with Crippen LogP contribution in [-0.4, -0.2) is 23.8 Å². The van der Waals surface area contributed by atoms with Gasteiger partial charge in [0.15, 0.2) is 0 Å². The third-order valence-electron chi connectivity index (χ3n) is 3.46. The molecule has 0 amide bonds. The molecular weight excluding hydrogens is 252 g/mol. The third-order valence-corrected chi connectivity index (χ3v) is 3.46. The standard InChI is InChI=1S/C17H26O3/c1-3-4-5-6-7-14(2)20-13-12-15-8-10-16(11-9-15)17(18)19/h8-11,14H,3-7,12-13H2,1-2H3,(H,18,19)/t14-/m0/s1. The van der Waals surface area contributed by atoms with Gasteiger partial charge >= 0.3 is 5.97 Å². The van der Waals surface area contributed by atoms with Crippen LogP contribution in [0.15, 0.2) is 24.3 Å². The summed E-state index contributed by atoms with van der Waals surface area (Å²) in [4.78, 5) is 10.7. The van der Waals surface area contributed by atoms with Crippen molar-refractivity contribution in [2.45, 2.75) is 58.5 Å². The highest BCUT2D eigenvalue weighted by Crippen LogP contribution is 2.09. The molecule has 0 aromatic heterocycles. The summed E-state index contributed by atoms with van der Waals surface area (Å²) in [6, 6.07) is 7.01. The van der Waals surface area contributed by atoms with Crippen LogP contribution in [0.1, 0.15) is 61.9 Å². The fourth-order valence-corrected chi connectivity index (χ4v) is 2.13. The number of benzene rings is 1. The largest absolute Gasteiger partial charge is 0.478 e. The fraction of sp³-hybridized carbons (Fsp3) is 0.588. The summed E-state index contributed by atoms with van der Waals surface area (Å²) in [5, 5.41) is 8.82. The highest BCUT2D eigenvalue weighted by molar-refractivity contribution is 5.87. The number of unbranched alkanes of at least 4 members (excludes halogenated alkanes) is 3. The van der Waals surface area contributed by atoms with Crippen molar-refractivity contribution >= 4 is 5.97 Å². The van der Waals surface area contributed by atoms with Crippen molar-refractivity contribution in [2.75, 3.05) is 6.61 Å². The second kappa shape index (κ2) is 9.54. The predicted octanol–water partition coefficient (Wildman–Crippen LogP) is 4.30. The Kier molecular flexibility index (Phi) is 7.97. The summed E-state index contributed by atoms with van der Waals surface area (Å²) in [6.45, 7) is 5.04. The molecule has 0 heterocycles. The summed E-state index contributed by atoms with van der Waals surface area (Å²) in [6.07, 6.45) is 7.37. The van der Waals surface area contributed by atoms with Crippen molar-refractivity contribution in [3.63, 3.8) is 0 Å². The van der Waals surface area contributed by atoms with Crippen LogP contribution in [0.5, 0.6) is 0 Å². The lowest BCUT2D eigenvalue weighted by molar-refractivity contribution is 0.0607. The van der Waals surface area contributed by atoms with E-state index in [-0.39, 0.29) is 0 Å². The number of carboxylic acids is 1. The number of rotatable bonds is 10. The minimum atomic E-state index is -0.881. The first-order valence-corrected chi connectivity index (χ1v) is 7.57. The van der Waals surface area contributed by atoms with Crippen molar-refractivity contribution in [1.29, 1.82) is 0 Å². The first-order chi connectivity index (χ1) is 9.63. The van der Waals surface area contributed by atoms with Gasteiger partial charge in [0, 0.05) is 0 Å². The maximum absolute atomic E-state index is 10.7. The lowest BCUT2D eigenvalue weighted by Gasteiger charge is -2.13. The van der Waals surface area contributed by atoms with Gasteiger partial charge in [-0.25, -0.2) is 4.79 Å². The molecule has 1 aromatic rings. The van der Waals surface area contributed by atoms with E-state index < -0.39 is 5.97 Å². The van der Waals surface area contributed by atoms with Gasteiger partial charge in [0.05, 0.1) is 18.3 Å². The van der Waals surface area contributed by atoms with E-state index >= 15 is 0 Å². The van der Waals surface area contributed by atoms with Crippen molar-refractivity contribution < 1.29 is 14.6 Å². The third kappa shape index (κ3) is 6.71. The lowest BCUT2D eigenvalue weighted by atomic mass is 10.1. The number of carbonyl (C=O) groups is 1. The second-order valence-electron chi connectivity index (χ2n) is 5.28. The average Bonchev–Trinajstić information content (AvgIpc) is 2.44. The van der Waals surface area contributed by atoms with Gasteiger partial charge in [-0.3, -0.25) is 0 Å². The van der Waals surface area contributed by atoms with Crippen molar-refractivity contribution in [3.8, 4) is 0 Å². The summed E-state index contributed by atoms with van der Waals surface area (Å²) in [7, 11) is 0. The highest BCUT2D eigenvalue weighted by Gasteiger charge is 2.04. The van der Waals surface area contributed by atoms with E-state index in [2.05, 4.69) is 13.8 Å². The van der Waals surface area contributed by atoms with Crippen LogP contribution < -0.4 is 0 Å². The van der Waals surface area contributed by atoms with Crippen LogP contribution >= 0.6 is 0 Å². The van der Waals surface area contributed by atoms with Crippen LogP contribution in [0.2, 0.25) is 0 Å². The van der Waals surface area contributed by atoms with Gasteiger partial charge in [0.2, 0.25) is 0 Å². The van der Waals surface area contributed by atoms with E-state index in [1.165, 1.54) is 25.7 Å². The maximum atomic E-state index is 10.7. The molecule has 0 bridgehead atoms. The van der Waals surface area contributed by atoms with Gasteiger partial charge in [-0.05, 0) is 37.5 Å². The molecule has 3 nitrogen and oxygen atoms in total. The van der Waals surface area contributed by atoms with E-state index in [0.29, 0.717) is 18.3 Å². The molecule has 0 unspecified atom stereocenters. The summed E-state index contributed by atoms with van der Waals surface area (Å²) in [5.74, 6) is -0.881. The zero-order valence-electron chi connectivity index (χ0n) is 12.6. The van der Waals surface area contributed by atoms with E-state index in [1.54, 1.807) is 12.1 Å². The molecular formula is C17H26O3. The van der Waals surface area contributed by atoms with Crippen molar-refractivity contribution in [3.05, 3.63) is 35.4 Å². The zero-order chi connectivity index (χ0) is 14.8. The predicted molar refractivity (Wildman–Crippen MR) is 81.3 cm³/mol. The molecule has 0 aliphatic rings. The topological polar surface area (TPSA) is 46.5 Å². The number of aromatic carboxylic acids is 1. The molecule has 0 saturated heterocycles. The molecule has 0 saturated carbocycles. The Balaban J connectivity index is 2.18. The van der Waals surface area contributed by atoms with Crippen LogP contribution in [0.25, 0.3) is 0 Å². The van der Waals surface area contributed by atoms with E-state index in [0.717, 1.165) is 18.4 Å². The quantitative estimate of drug-likeness (QED) is 0.649. The molecule has 1 N–H and O–H groups in total. The van der Waals surface area contributed by atoms with Crippen LogP contribution in [0, 0.1) is 0 Å². The highest BCUT2D eigenvalue weighted by atomic mass is 16.5. The van der Waals surface area contributed by atoms with Gasteiger partial charge in [0.1, 0.15) is 0 Å². The van der Waals surface area contributed by atoms with Crippen molar-refractivity contribution in [1.82, 2.24) is 0 Å². The Hall–Kier alpha value is -1.35. The Morgan fingerprint density at radius 3 is 2.50 bits per heavy atom. The second-order valence-corrected chi connectivity index (χ2v) is 5.28. The van der Waals surface area contributed by atoms with Crippen LogP contribution in [0.3, 0.4) is 0 Å². The Bertz CT molecular complexity index is 384. The minimum absolute atomic E-state index is 0.310. The molecule has 0 radical (unpaired) electrons. The molecule has 1 rings (SSSR count). The molecule has 1 aromatic carbocycles. The molecule has 0 aliphatic heterocycles. The van der Waals surface area contributed by atoms with Crippen LogP contribution in [-0.2, 0) is 11.2 Å². The number of carboxylic acid groups (broad SMARTS) is 1. The van der Waals surface area contributed by atoms with Gasteiger partial charge in [-0.15, -0.1) is 0 Å². The number of ether oxygens (including phenoxy) is 1. The van der Waals surface area contributed by atoms with E-state index in [9.17, 15) is 4.79 Å². The Morgan fingerprint density at radius 1 is 1.20 bits per heavy atom. The molecule has 0 aliphatic carbocycles. The smallest absolute Gasteiger partial charge is 0.335 e. The van der Waals surface area contributed by atoms with Gasteiger partial charge in [-0.2, -0.15) is 0 Å². The Labute approximate surface area is 122 Å². The number of hydrogen-bond acceptors (Lipinski definition) is 2. The molecule has 1 atom stereocenters. The normalized spacial score (nSPS) is 12.3. The van der Waals surface area contributed by atoms with Crippen molar-refractivity contribution in [2.24, 2.45) is 0 Å². The molecule has 0 spiro atoms. The molecule has 0 fully saturated rings. The fourth-order valence-electron chi connectivity index (χ4n) is 2.13. The summed E-state index contributed by atoms with van der Waals surface area (Å²) >= 11 is 0. The maximum Gasteiger partial charge on any atom is 0.335 e. The molecule has 112 valence electrons. The van der Waals surface area contributed by atoms with Gasteiger partial charge < -0.3 is 9.84 Å². The van der Waals surface area contributed by atoms with Gasteiger partial charge in [-0.1, -0.05) is 44.7 Å². The zero-order valence-corrected chi connectivity index (χ0v) is 12.6. The first-order valence-electron chi connectivity index (χ1n) is 7.57. The average molecular weight is 278 g/mol. The number of hydrogen-bond donors (Lipinski definition) is 1. The first kappa shape index (κ1) is 16.7. The SMILES string of the molecule is CCCCCC[C@H](C)OCCc1ccc(C(=O)O)cc1. The van der Waals surface area contributed by atoms with E-state index in [4.69, 9.17) is 9.84 Å². The molecule has 3 heteroatoms. The lowest BCUT2D eigenvalue weighted by Crippen LogP contribution is -2.10. The molecule has 20 heavy (non-hydrogen) atoms. The summed E-state index contributed by atoms with van der Waals surface area (Å²) in [5.41, 5.74) is 1.45.